The van der Waals surface area contributed by atoms with Gasteiger partial charge in [0.1, 0.15) is 17.8 Å². The number of rotatable bonds is 11. The first-order valence-electron chi connectivity index (χ1n) is 16.7. The number of nitrogens with one attached hydrogen (secondary N) is 4. The van der Waals surface area contributed by atoms with E-state index in [-0.39, 0.29) is 6.54 Å². The van der Waals surface area contributed by atoms with Crippen molar-refractivity contribution in [1.82, 2.24) is 21.3 Å². The molecule has 0 bridgehead atoms. The Morgan fingerprint density at radius 1 is 0.852 bits per heavy atom. The van der Waals surface area contributed by atoms with Crippen LogP contribution < -0.4 is 21.3 Å². The number of ether oxygens (including phenoxy) is 6. The molecule has 1 aromatic rings. The van der Waals surface area contributed by atoms with Crippen LogP contribution in [0.15, 0.2) is 41.1 Å². The van der Waals surface area contributed by atoms with Gasteiger partial charge in [0.2, 0.25) is 11.9 Å². The van der Waals surface area contributed by atoms with Gasteiger partial charge in [-0.25, -0.2) is 14.6 Å². The zero-order valence-corrected chi connectivity index (χ0v) is 32.6. The SMILES string of the molecule is CC(=O)N[C@H]1[C@H]([C@H](OC(C)=O)[C@@H](COC(C)=O)OC(C)=O)OC(C(=O)NCc2cccc(Cl)c2)=C[C@@H]1N=C(NC(=O)OC(C)(C)C)NC(=O)OC(C)(C)C. The topological polar surface area (TPSA) is 235 Å². The zero-order valence-electron chi connectivity index (χ0n) is 31.8. The van der Waals surface area contributed by atoms with Crippen LogP contribution >= 0.6 is 11.6 Å². The van der Waals surface area contributed by atoms with Crippen molar-refractivity contribution in [2.45, 2.75) is 117 Å². The smallest absolute Gasteiger partial charge is 0.414 e. The van der Waals surface area contributed by atoms with Crippen LogP contribution in [-0.2, 0) is 58.9 Å². The van der Waals surface area contributed by atoms with E-state index < -0.39 is 102 Å². The van der Waals surface area contributed by atoms with E-state index in [0.717, 1.165) is 27.7 Å². The van der Waals surface area contributed by atoms with Gasteiger partial charge in [-0.3, -0.25) is 34.6 Å². The van der Waals surface area contributed by atoms with Crippen molar-refractivity contribution in [2.75, 3.05) is 6.61 Å². The Balaban J connectivity index is 2.84. The fourth-order valence-electron chi connectivity index (χ4n) is 4.75. The monoisotopic (exact) mass is 781 g/mol. The molecule has 0 spiro atoms. The number of aliphatic imine (C=N–C) groups is 1. The lowest BCUT2D eigenvalue weighted by Crippen LogP contribution is -2.61. The Labute approximate surface area is 318 Å². The molecule has 5 atom stereocenters. The molecule has 19 heteroatoms. The maximum atomic E-state index is 13.7. The van der Waals surface area contributed by atoms with Crippen molar-refractivity contribution in [3.63, 3.8) is 0 Å². The molecule has 0 radical (unpaired) electrons. The normalized spacial score (nSPS) is 17.8. The van der Waals surface area contributed by atoms with Crippen LogP contribution in [0, 0.1) is 0 Å². The number of esters is 3. The van der Waals surface area contributed by atoms with Gasteiger partial charge in [0.15, 0.2) is 24.1 Å². The summed E-state index contributed by atoms with van der Waals surface area (Å²) in [6, 6.07) is 3.82. The summed E-state index contributed by atoms with van der Waals surface area (Å²) < 4.78 is 32.9. The van der Waals surface area contributed by atoms with Crippen LogP contribution in [0.1, 0.15) is 74.8 Å². The van der Waals surface area contributed by atoms with Crippen LogP contribution in [0.25, 0.3) is 0 Å². The molecular weight excluding hydrogens is 734 g/mol. The molecule has 18 nitrogen and oxygen atoms in total. The number of hydrogen-bond acceptors (Lipinski definition) is 14. The van der Waals surface area contributed by atoms with Crippen molar-refractivity contribution in [1.29, 1.82) is 0 Å². The summed E-state index contributed by atoms with van der Waals surface area (Å²) in [4.78, 5) is 93.3. The minimum Gasteiger partial charge on any atom is -0.479 e. The van der Waals surface area contributed by atoms with Crippen LogP contribution in [0.3, 0.4) is 0 Å². The summed E-state index contributed by atoms with van der Waals surface area (Å²) in [5, 5.41) is 10.4. The van der Waals surface area contributed by atoms with Gasteiger partial charge in [0.05, 0.1) is 12.1 Å². The van der Waals surface area contributed by atoms with Crippen LogP contribution in [0.4, 0.5) is 9.59 Å². The van der Waals surface area contributed by atoms with Crippen LogP contribution in [0.2, 0.25) is 5.02 Å². The summed E-state index contributed by atoms with van der Waals surface area (Å²) in [5.41, 5.74) is -1.35. The highest BCUT2D eigenvalue weighted by Crippen LogP contribution is 2.28. The zero-order chi connectivity index (χ0) is 41.0. The van der Waals surface area contributed by atoms with Crippen LogP contribution in [-0.4, -0.2) is 96.1 Å². The van der Waals surface area contributed by atoms with E-state index >= 15 is 0 Å². The Kier molecular flexibility index (Phi) is 16.3. The number of guanidine groups is 1. The minimum absolute atomic E-state index is 0.0324. The molecule has 2 rings (SSSR count). The quantitative estimate of drug-likeness (QED) is 0.110. The molecule has 1 aliphatic rings. The summed E-state index contributed by atoms with van der Waals surface area (Å²) in [6.07, 6.45) is -5.76. The van der Waals surface area contributed by atoms with Crippen LogP contribution in [0.5, 0.6) is 0 Å². The van der Waals surface area contributed by atoms with E-state index in [1.807, 2.05) is 0 Å². The van der Waals surface area contributed by atoms with Gasteiger partial charge in [-0.1, -0.05) is 23.7 Å². The van der Waals surface area contributed by atoms with E-state index in [1.54, 1.807) is 65.8 Å². The average Bonchev–Trinajstić information content (AvgIpc) is 2.99. The molecule has 0 fully saturated rings. The molecule has 0 aromatic heterocycles. The van der Waals surface area contributed by atoms with E-state index in [2.05, 4.69) is 26.3 Å². The predicted octanol–water partition coefficient (Wildman–Crippen LogP) is 2.94. The first kappa shape index (κ1) is 44.8. The molecule has 54 heavy (non-hydrogen) atoms. The summed E-state index contributed by atoms with van der Waals surface area (Å²) in [7, 11) is 0. The summed E-state index contributed by atoms with van der Waals surface area (Å²) >= 11 is 6.10. The molecular formula is C35H48ClN5O13. The van der Waals surface area contributed by atoms with Gasteiger partial charge < -0.3 is 39.1 Å². The lowest BCUT2D eigenvalue weighted by atomic mass is 9.91. The molecule has 0 unspecified atom stereocenters. The molecule has 4 amide bonds. The number of alkyl carbamates (subject to hydrolysis) is 2. The van der Waals surface area contributed by atoms with E-state index in [1.165, 1.54) is 6.08 Å². The Bertz CT molecular complexity index is 1600. The lowest BCUT2D eigenvalue weighted by molar-refractivity contribution is -0.187. The highest BCUT2D eigenvalue weighted by Gasteiger charge is 2.48. The average molecular weight is 782 g/mol. The van der Waals surface area contributed by atoms with Gasteiger partial charge in [-0.15, -0.1) is 0 Å². The van der Waals surface area contributed by atoms with Gasteiger partial charge in [0.25, 0.3) is 5.91 Å². The molecule has 1 aromatic carbocycles. The molecule has 298 valence electrons. The standard InChI is InChI=1S/C35H48ClN5O13/c1-18(42)38-27-24(39-31(40-32(47)53-34(5,6)7)41-33(48)54-35(8,9)10)15-25(30(46)37-16-22-12-11-13-23(36)14-22)52-29(27)28(51-21(4)45)26(50-20(3)44)17-49-19(2)43/h11-15,24,26-29H,16-17H2,1-10H3,(H,37,46)(H,38,42)(H2,39,40,41,47,48)/t24-,26+,27+,28+,29+/m0/s1. The third kappa shape index (κ3) is 16.5. The largest absolute Gasteiger partial charge is 0.479 e. The Morgan fingerprint density at radius 2 is 1.43 bits per heavy atom. The number of benzene rings is 1. The Morgan fingerprint density at radius 3 is 1.91 bits per heavy atom. The second-order valence-corrected chi connectivity index (χ2v) is 14.3. The Hall–Kier alpha value is -5.39. The van der Waals surface area contributed by atoms with E-state index in [4.69, 9.17) is 40.0 Å². The molecule has 0 saturated heterocycles. The highest BCUT2D eigenvalue weighted by molar-refractivity contribution is 6.30. The number of halogens is 1. The van der Waals surface area contributed by atoms with Crippen molar-refractivity contribution >= 4 is 59.5 Å². The van der Waals surface area contributed by atoms with Gasteiger partial charge in [-0.05, 0) is 65.3 Å². The van der Waals surface area contributed by atoms with Crippen molar-refractivity contribution < 1.29 is 62.0 Å². The third-order valence-corrected chi connectivity index (χ3v) is 6.76. The van der Waals surface area contributed by atoms with Crippen molar-refractivity contribution in [3.05, 3.63) is 46.7 Å². The fraction of sp³-hybridized carbons (Fsp3) is 0.543. The molecule has 4 N–H and O–H groups in total. The van der Waals surface area contributed by atoms with E-state index in [0.29, 0.717) is 10.6 Å². The number of hydrogen-bond donors (Lipinski definition) is 4. The lowest BCUT2D eigenvalue weighted by Gasteiger charge is -2.41. The highest BCUT2D eigenvalue weighted by atomic mass is 35.5. The minimum atomic E-state index is -1.68. The van der Waals surface area contributed by atoms with Crippen molar-refractivity contribution in [2.24, 2.45) is 4.99 Å². The van der Waals surface area contributed by atoms with Gasteiger partial charge in [0, 0.05) is 39.3 Å². The maximum Gasteiger partial charge on any atom is 0.414 e. The third-order valence-electron chi connectivity index (χ3n) is 6.52. The molecule has 1 heterocycles. The fourth-order valence-corrected chi connectivity index (χ4v) is 4.96. The summed E-state index contributed by atoms with van der Waals surface area (Å²) in [6.45, 7) is 13.3. The second kappa shape index (κ2) is 19.6. The first-order chi connectivity index (χ1) is 24.9. The second-order valence-electron chi connectivity index (χ2n) is 13.9. The van der Waals surface area contributed by atoms with Gasteiger partial charge >= 0.3 is 30.1 Å². The maximum absolute atomic E-state index is 13.7. The molecule has 0 aliphatic carbocycles. The number of carbonyl (C=O) groups is 7. The molecule has 1 aliphatic heterocycles. The summed E-state index contributed by atoms with van der Waals surface area (Å²) in [5.74, 6) is -5.02. The van der Waals surface area contributed by atoms with E-state index in [9.17, 15) is 33.6 Å². The number of amides is 4. The predicted molar refractivity (Wildman–Crippen MR) is 192 cm³/mol. The number of nitrogens with zero attached hydrogens (tertiary/aromatic N) is 1. The van der Waals surface area contributed by atoms with Crippen molar-refractivity contribution in [3.8, 4) is 0 Å². The molecule has 0 saturated carbocycles. The number of carbonyl (C=O) groups excluding carboxylic acids is 7. The first-order valence-corrected chi connectivity index (χ1v) is 17.0. The van der Waals surface area contributed by atoms with Gasteiger partial charge in [-0.2, -0.15) is 0 Å².